The number of nitrogens with zero attached hydrogens (tertiary/aromatic N) is 2. The fraction of sp³-hybridized carbons (Fsp3) is 0.263. The van der Waals surface area contributed by atoms with Crippen molar-refractivity contribution in [3.05, 3.63) is 53.6 Å². The van der Waals surface area contributed by atoms with Crippen molar-refractivity contribution in [3.63, 3.8) is 0 Å². The second kappa shape index (κ2) is 8.09. The summed E-state index contributed by atoms with van der Waals surface area (Å²) in [6.07, 6.45) is 0. The molecule has 26 heavy (non-hydrogen) atoms. The molecular formula is C19H21N3O4. The summed E-state index contributed by atoms with van der Waals surface area (Å²) in [6.45, 7) is 2.32. The van der Waals surface area contributed by atoms with Crippen LogP contribution in [0, 0.1) is 0 Å². The SMILES string of the molecule is COCCN(C)Cc1cccc(-c2nc3cc(C(=O)NO)ccc3o2)c1. The number of oxazole rings is 1. The van der Waals surface area contributed by atoms with Crippen molar-refractivity contribution in [1.29, 1.82) is 0 Å². The van der Waals surface area contributed by atoms with E-state index in [0.717, 1.165) is 24.2 Å². The minimum absolute atomic E-state index is 0.313. The summed E-state index contributed by atoms with van der Waals surface area (Å²) in [5.41, 5.74) is 5.08. The Morgan fingerprint density at radius 2 is 2.15 bits per heavy atom. The van der Waals surface area contributed by atoms with E-state index in [1.54, 1.807) is 30.8 Å². The highest BCUT2D eigenvalue weighted by Gasteiger charge is 2.12. The molecule has 0 spiro atoms. The van der Waals surface area contributed by atoms with Gasteiger partial charge in [-0.1, -0.05) is 12.1 Å². The van der Waals surface area contributed by atoms with Crippen molar-refractivity contribution in [3.8, 4) is 11.5 Å². The lowest BCUT2D eigenvalue weighted by molar-refractivity contribution is 0.0706. The Bertz CT molecular complexity index is 907. The van der Waals surface area contributed by atoms with E-state index in [1.165, 1.54) is 0 Å². The first-order chi connectivity index (χ1) is 12.6. The number of aromatic nitrogens is 1. The molecule has 2 aromatic carbocycles. The van der Waals surface area contributed by atoms with E-state index in [0.29, 0.717) is 29.2 Å². The van der Waals surface area contributed by atoms with Crippen molar-refractivity contribution >= 4 is 17.0 Å². The standard InChI is InChI=1S/C19H21N3O4/c1-22(8-9-25-2)12-13-4-3-5-15(10-13)19-20-16-11-14(18(23)21-24)6-7-17(16)26-19/h3-7,10-11,24H,8-9,12H2,1-2H3,(H,21,23). The molecule has 0 unspecified atom stereocenters. The minimum atomic E-state index is -0.586. The summed E-state index contributed by atoms with van der Waals surface area (Å²) in [5, 5.41) is 8.74. The molecule has 0 bridgehead atoms. The van der Waals surface area contributed by atoms with Crippen molar-refractivity contribution in [2.45, 2.75) is 6.54 Å². The highest BCUT2D eigenvalue weighted by atomic mass is 16.5. The maximum Gasteiger partial charge on any atom is 0.274 e. The average molecular weight is 355 g/mol. The molecule has 136 valence electrons. The second-order valence-corrected chi connectivity index (χ2v) is 6.07. The van der Waals surface area contributed by atoms with Gasteiger partial charge in [-0.25, -0.2) is 10.5 Å². The number of ether oxygens (including phenoxy) is 1. The Labute approximate surface area is 151 Å². The van der Waals surface area contributed by atoms with Crippen molar-refractivity contribution in [1.82, 2.24) is 15.4 Å². The Morgan fingerprint density at radius 3 is 2.92 bits per heavy atom. The first-order valence-corrected chi connectivity index (χ1v) is 8.22. The molecule has 0 saturated heterocycles. The largest absolute Gasteiger partial charge is 0.436 e. The number of carbonyl (C=O) groups is 1. The molecule has 0 saturated carbocycles. The fourth-order valence-electron chi connectivity index (χ4n) is 2.70. The van der Waals surface area contributed by atoms with Crippen LogP contribution in [0.15, 0.2) is 46.9 Å². The number of methoxy groups -OCH3 is 1. The number of fused-ring (bicyclic) bond motifs is 1. The van der Waals surface area contributed by atoms with E-state index in [9.17, 15) is 4.79 Å². The number of benzene rings is 2. The molecule has 0 radical (unpaired) electrons. The van der Waals surface area contributed by atoms with Gasteiger partial charge in [-0.15, -0.1) is 0 Å². The summed E-state index contributed by atoms with van der Waals surface area (Å²) in [4.78, 5) is 18.2. The molecule has 3 rings (SSSR count). The first kappa shape index (κ1) is 18.1. The summed E-state index contributed by atoms with van der Waals surface area (Å²) in [7, 11) is 3.73. The average Bonchev–Trinajstić information content (AvgIpc) is 3.09. The first-order valence-electron chi connectivity index (χ1n) is 8.22. The zero-order valence-corrected chi connectivity index (χ0v) is 14.7. The lowest BCUT2D eigenvalue weighted by Gasteiger charge is -2.16. The summed E-state index contributed by atoms with van der Waals surface area (Å²) in [5.74, 6) is -0.0968. The fourth-order valence-corrected chi connectivity index (χ4v) is 2.70. The van der Waals surface area contributed by atoms with Gasteiger partial charge in [0, 0.05) is 31.3 Å². The van der Waals surface area contributed by atoms with Crippen LogP contribution in [0.2, 0.25) is 0 Å². The van der Waals surface area contributed by atoms with Gasteiger partial charge < -0.3 is 9.15 Å². The quantitative estimate of drug-likeness (QED) is 0.500. The van der Waals surface area contributed by atoms with Crippen LogP contribution in [0.5, 0.6) is 0 Å². The molecule has 2 N–H and O–H groups in total. The third-order valence-electron chi connectivity index (χ3n) is 4.05. The van der Waals surface area contributed by atoms with Gasteiger partial charge in [-0.3, -0.25) is 14.9 Å². The molecule has 0 aliphatic rings. The number of nitrogens with one attached hydrogen (secondary N) is 1. The summed E-state index contributed by atoms with van der Waals surface area (Å²) in [6, 6.07) is 12.8. The van der Waals surface area contributed by atoms with E-state index >= 15 is 0 Å². The van der Waals surface area contributed by atoms with E-state index in [2.05, 4.69) is 16.0 Å². The van der Waals surface area contributed by atoms with E-state index < -0.39 is 5.91 Å². The van der Waals surface area contributed by atoms with Gasteiger partial charge >= 0.3 is 0 Å². The summed E-state index contributed by atoms with van der Waals surface area (Å²) >= 11 is 0. The van der Waals surface area contributed by atoms with Crippen LogP contribution in [0.4, 0.5) is 0 Å². The third kappa shape index (κ3) is 4.08. The topological polar surface area (TPSA) is 87.8 Å². The van der Waals surface area contributed by atoms with Gasteiger partial charge in [-0.2, -0.15) is 0 Å². The number of likely N-dealkylation sites (N-methyl/N-ethyl adjacent to an activating group) is 1. The molecule has 1 heterocycles. The molecule has 7 nitrogen and oxygen atoms in total. The van der Waals surface area contributed by atoms with Crippen LogP contribution >= 0.6 is 0 Å². The van der Waals surface area contributed by atoms with Crippen molar-refractivity contribution < 1.29 is 19.2 Å². The van der Waals surface area contributed by atoms with Gasteiger partial charge in [0.2, 0.25) is 5.89 Å². The highest BCUT2D eigenvalue weighted by Crippen LogP contribution is 2.26. The Hall–Kier alpha value is -2.74. The molecule has 0 fully saturated rings. The van der Waals surface area contributed by atoms with Crippen LogP contribution in [0.1, 0.15) is 15.9 Å². The smallest absolute Gasteiger partial charge is 0.274 e. The molecule has 0 aliphatic heterocycles. The van der Waals surface area contributed by atoms with Crippen molar-refractivity contribution in [2.75, 3.05) is 27.3 Å². The molecule has 1 amide bonds. The van der Waals surface area contributed by atoms with Gasteiger partial charge in [0.25, 0.3) is 5.91 Å². The van der Waals surface area contributed by atoms with Crippen molar-refractivity contribution in [2.24, 2.45) is 0 Å². The molecule has 1 aromatic heterocycles. The van der Waals surface area contributed by atoms with Gasteiger partial charge in [0.1, 0.15) is 5.52 Å². The summed E-state index contributed by atoms with van der Waals surface area (Å²) < 4.78 is 10.9. The highest BCUT2D eigenvalue weighted by molar-refractivity contribution is 5.96. The zero-order valence-electron chi connectivity index (χ0n) is 14.7. The van der Waals surface area contributed by atoms with Gasteiger partial charge in [0.15, 0.2) is 5.58 Å². The van der Waals surface area contributed by atoms with Crippen LogP contribution < -0.4 is 5.48 Å². The Morgan fingerprint density at radius 1 is 1.31 bits per heavy atom. The number of hydroxylamine groups is 1. The molecule has 7 heteroatoms. The normalized spacial score (nSPS) is 11.2. The third-order valence-corrected chi connectivity index (χ3v) is 4.05. The maximum absolute atomic E-state index is 11.5. The lowest BCUT2D eigenvalue weighted by Crippen LogP contribution is -2.22. The number of hydrogen-bond donors (Lipinski definition) is 2. The molecule has 0 aliphatic carbocycles. The molecular weight excluding hydrogens is 334 g/mol. The Kier molecular flexibility index (Phi) is 5.62. The van der Waals surface area contributed by atoms with E-state index in [4.69, 9.17) is 14.4 Å². The Balaban J connectivity index is 1.84. The number of carbonyl (C=O) groups excluding carboxylic acids is 1. The van der Waals surface area contributed by atoms with E-state index in [1.807, 2.05) is 25.2 Å². The predicted molar refractivity (Wildman–Crippen MR) is 96.9 cm³/mol. The van der Waals surface area contributed by atoms with Gasteiger partial charge in [-0.05, 0) is 42.9 Å². The second-order valence-electron chi connectivity index (χ2n) is 6.07. The number of rotatable bonds is 7. The van der Waals surface area contributed by atoms with Crippen LogP contribution in [-0.2, 0) is 11.3 Å². The van der Waals surface area contributed by atoms with Crippen LogP contribution in [0.3, 0.4) is 0 Å². The van der Waals surface area contributed by atoms with Crippen LogP contribution in [0.25, 0.3) is 22.6 Å². The number of hydrogen-bond acceptors (Lipinski definition) is 6. The minimum Gasteiger partial charge on any atom is -0.436 e. The maximum atomic E-state index is 11.5. The number of amides is 1. The predicted octanol–water partition coefficient (Wildman–Crippen LogP) is 2.69. The lowest BCUT2D eigenvalue weighted by atomic mass is 10.1. The molecule has 0 atom stereocenters. The van der Waals surface area contributed by atoms with Crippen LogP contribution in [-0.4, -0.2) is 48.3 Å². The van der Waals surface area contributed by atoms with E-state index in [-0.39, 0.29) is 0 Å². The monoisotopic (exact) mass is 355 g/mol. The molecule has 3 aromatic rings. The van der Waals surface area contributed by atoms with Gasteiger partial charge in [0.05, 0.1) is 6.61 Å². The zero-order chi connectivity index (χ0) is 18.5.